The maximum Gasteiger partial charge on any atom is 0.256 e. The van der Waals surface area contributed by atoms with Crippen LogP contribution in [0, 0.1) is 5.92 Å². The molecule has 1 aromatic heterocycles. The number of tetrazole rings is 1. The van der Waals surface area contributed by atoms with E-state index in [0.717, 1.165) is 25.7 Å². The lowest BCUT2D eigenvalue weighted by Gasteiger charge is -2.47. The van der Waals surface area contributed by atoms with Crippen molar-refractivity contribution in [1.29, 1.82) is 0 Å². The number of benzene rings is 1. The van der Waals surface area contributed by atoms with Gasteiger partial charge in [-0.25, -0.2) is 0 Å². The molecule has 1 aliphatic heterocycles. The third-order valence-electron chi connectivity index (χ3n) is 5.47. The van der Waals surface area contributed by atoms with Gasteiger partial charge in [0, 0.05) is 24.0 Å². The van der Waals surface area contributed by atoms with Crippen LogP contribution in [0.3, 0.4) is 0 Å². The van der Waals surface area contributed by atoms with Gasteiger partial charge in [-0.05, 0) is 42.7 Å². The van der Waals surface area contributed by atoms with Gasteiger partial charge in [-0.3, -0.25) is 4.79 Å². The van der Waals surface area contributed by atoms with Crippen LogP contribution >= 0.6 is 11.6 Å². The van der Waals surface area contributed by atoms with E-state index in [1.807, 2.05) is 4.90 Å². The molecule has 1 amide bonds. The first-order chi connectivity index (χ1) is 12.1. The second-order valence-corrected chi connectivity index (χ2v) is 7.37. The number of hydrogen-bond donors (Lipinski definition) is 1. The molecule has 4 rings (SSSR count). The first kappa shape index (κ1) is 16.5. The van der Waals surface area contributed by atoms with Crippen molar-refractivity contribution in [2.75, 3.05) is 13.1 Å². The number of amides is 1. The van der Waals surface area contributed by atoms with Gasteiger partial charge in [0.25, 0.3) is 5.91 Å². The number of aliphatic hydroxyl groups is 1. The van der Waals surface area contributed by atoms with E-state index in [0.29, 0.717) is 35.8 Å². The van der Waals surface area contributed by atoms with Crippen LogP contribution in [-0.4, -0.2) is 54.8 Å². The molecule has 1 aliphatic carbocycles. The zero-order valence-corrected chi connectivity index (χ0v) is 14.6. The van der Waals surface area contributed by atoms with Crippen molar-refractivity contribution in [3.63, 3.8) is 0 Å². The topological polar surface area (TPSA) is 84.1 Å². The molecule has 0 bridgehead atoms. The summed E-state index contributed by atoms with van der Waals surface area (Å²) in [6, 6.07) is 5.05. The molecule has 132 valence electrons. The van der Waals surface area contributed by atoms with Crippen molar-refractivity contribution in [1.82, 2.24) is 25.1 Å². The van der Waals surface area contributed by atoms with Crippen molar-refractivity contribution < 1.29 is 9.90 Å². The quantitative estimate of drug-likeness (QED) is 0.885. The molecule has 25 heavy (non-hydrogen) atoms. The zero-order valence-electron chi connectivity index (χ0n) is 13.8. The Morgan fingerprint density at radius 1 is 1.32 bits per heavy atom. The number of aromatic nitrogens is 4. The Balaban J connectivity index is 1.62. The average molecular weight is 362 g/mol. The summed E-state index contributed by atoms with van der Waals surface area (Å²) < 4.78 is 0. The summed E-state index contributed by atoms with van der Waals surface area (Å²) in [4.78, 5) is 16.3. The molecule has 1 saturated heterocycles. The van der Waals surface area contributed by atoms with E-state index in [9.17, 15) is 9.90 Å². The number of carbonyl (C=O) groups is 1. The van der Waals surface area contributed by atoms with E-state index in [2.05, 4.69) is 15.4 Å². The summed E-state index contributed by atoms with van der Waals surface area (Å²) in [7, 11) is 0. The van der Waals surface area contributed by atoms with E-state index >= 15 is 0 Å². The van der Waals surface area contributed by atoms with E-state index in [-0.39, 0.29) is 11.8 Å². The second kappa shape index (κ2) is 6.38. The Morgan fingerprint density at radius 3 is 3.00 bits per heavy atom. The summed E-state index contributed by atoms with van der Waals surface area (Å²) >= 11 is 6.09. The number of piperidine rings is 1. The predicted molar refractivity (Wildman–Crippen MR) is 91.6 cm³/mol. The SMILES string of the molecule is O=C(c1ccc(Cl)cc1-n1ncnn1)N1CCC2(O)CCCCC2C1. The maximum absolute atomic E-state index is 13.1. The first-order valence-electron chi connectivity index (χ1n) is 8.61. The molecular weight excluding hydrogens is 342 g/mol. The molecule has 2 fully saturated rings. The molecule has 1 saturated carbocycles. The van der Waals surface area contributed by atoms with Crippen molar-refractivity contribution in [2.45, 2.75) is 37.7 Å². The summed E-state index contributed by atoms with van der Waals surface area (Å²) in [6.07, 6.45) is 5.95. The Hall–Kier alpha value is -1.99. The third-order valence-corrected chi connectivity index (χ3v) is 5.70. The third kappa shape index (κ3) is 3.02. The van der Waals surface area contributed by atoms with Crippen LogP contribution in [0.5, 0.6) is 0 Å². The molecule has 0 radical (unpaired) electrons. The van der Waals surface area contributed by atoms with Crippen LogP contribution in [0.1, 0.15) is 42.5 Å². The van der Waals surface area contributed by atoms with Gasteiger partial charge in [-0.2, -0.15) is 0 Å². The Bertz CT molecular complexity index is 781. The molecule has 1 aromatic carbocycles. The molecule has 8 heteroatoms. The van der Waals surface area contributed by atoms with E-state index in [1.165, 1.54) is 11.1 Å². The summed E-state index contributed by atoms with van der Waals surface area (Å²) in [5.41, 5.74) is 0.397. The fraction of sp³-hybridized carbons (Fsp3) is 0.529. The minimum atomic E-state index is -0.606. The largest absolute Gasteiger partial charge is 0.389 e. The van der Waals surface area contributed by atoms with Gasteiger partial charge in [0.15, 0.2) is 6.33 Å². The second-order valence-electron chi connectivity index (χ2n) is 6.93. The fourth-order valence-electron chi connectivity index (χ4n) is 4.05. The smallest absolute Gasteiger partial charge is 0.256 e. The lowest BCUT2D eigenvalue weighted by molar-refractivity contribution is -0.0886. The van der Waals surface area contributed by atoms with E-state index < -0.39 is 5.60 Å². The lowest BCUT2D eigenvalue weighted by Crippen LogP contribution is -2.54. The highest BCUT2D eigenvalue weighted by atomic mass is 35.5. The minimum Gasteiger partial charge on any atom is -0.389 e. The van der Waals surface area contributed by atoms with E-state index in [4.69, 9.17) is 11.6 Å². The summed E-state index contributed by atoms with van der Waals surface area (Å²) in [5, 5.41) is 22.9. The highest BCUT2D eigenvalue weighted by molar-refractivity contribution is 6.31. The minimum absolute atomic E-state index is 0.0865. The van der Waals surface area contributed by atoms with Crippen LogP contribution in [0.4, 0.5) is 0 Å². The summed E-state index contributed by atoms with van der Waals surface area (Å²) in [6.45, 7) is 1.14. The standard InChI is InChI=1S/C17H20ClN5O2/c18-13-4-5-14(15(9-13)23-20-11-19-21-23)16(24)22-8-7-17(25)6-2-1-3-12(17)10-22/h4-5,9,11-12,25H,1-3,6-8,10H2. The van der Waals surface area contributed by atoms with Crippen LogP contribution in [-0.2, 0) is 0 Å². The number of halogens is 1. The fourth-order valence-corrected chi connectivity index (χ4v) is 4.22. The summed E-state index contributed by atoms with van der Waals surface area (Å²) in [5.74, 6) is 0.0655. The molecule has 2 heterocycles. The number of fused-ring (bicyclic) bond motifs is 1. The molecule has 0 spiro atoms. The number of likely N-dealkylation sites (tertiary alicyclic amines) is 1. The van der Waals surface area contributed by atoms with Gasteiger partial charge in [0.2, 0.25) is 0 Å². The maximum atomic E-state index is 13.1. The lowest BCUT2D eigenvalue weighted by atomic mass is 9.71. The molecule has 1 N–H and O–H groups in total. The van der Waals surface area contributed by atoms with Crippen molar-refractivity contribution >= 4 is 17.5 Å². The van der Waals surface area contributed by atoms with Gasteiger partial charge >= 0.3 is 0 Å². The highest BCUT2D eigenvalue weighted by Crippen LogP contribution is 2.40. The van der Waals surface area contributed by atoms with Gasteiger partial charge in [-0.1, -0.05) is 24.4 Å². The van der Waals surface area contributed by atoms with Crippen LogP contribution in [0.25, 0.3) is 5.69 Å². The number of nitrogens with zero attached hydrogens (tertiary/aromatic N) is 5. The molecule has 2 aromatic rings. The van der Waals surface area contributed by atoms with Crippen LogP contribution < -0.4 is 0 Å². The van der Waals surface area contributed by atoms with Crippen molar-refractivity contribution in [3.05, 3.63) is 35.1 Å². The molecule has 2 aliphatic rings. The molecule has 7 nitrogen and oxygen atoms in total. The van der Waals surface area contributed by atoms with Crippen LogP contribution in [0.2, 0.25) is 5.02 Å². The first-order valence-corrected chi connectivity index (χ1v) is 8.99. The number of hydrogen-bond acceptors (Lipinski definition) is 5. The number of carbonyl (C=O) groups excluding carboxylic acids is 1. The van der Waals surface area contributed by atoms with Crippen molar-refractivity contribution in [2.24, 2.45) is 5.92 Å². The molecule has 2 unspecified atom stereocenters. The Morgan fingerprint density at radius 2 is 2.20 bits per heavy atom. The van der Waals surface area contributed by atoms with Crippen LogP contribution in [0.15, 0.2) is 24.5 Å². The highest BCUT2D eigenvalue weighted by Gasteiger charge is 2.44. The zero-order chi connectivity index (χ0) is 17.4. The average Bonchev–Trinajstić information content (AvgIpc) is 3.15. The normalized spacial score (nSPS) is 26.3. The number of rotatable bonds is 2. The van der Waals surface area contributed by atoms with Gasteiger partial charge in [0.05, 0.1) is 11.2 Å². The van der Waals surface area contributed by atoms with Crippen molar-refractivity contribution in [3.8, 4) is 5.69 Å². The Labute approximate surface area is 150 Å². The molecular formula is C17H20ClN5O2. The van der Waals surface area contributed by atoms with Gasteiger partial charge in [-0.15, -0.1) is 15.0 Å². The predicted octanol–water partition coefficient (Wildman–Crippen LogP) is 2.08. The monoisotopic (exact) mass is 361 g/mol. The van der Waals surface area contributed by atoms with Gasteiger partial charge < -0.3 is 10.0 Å². The Kier molecular flexibility index (Phi) is 4.21. The molecule has 2 atom stereocenters. The van der Waals surface area contributed by atoms with Gasteiger partial charge in [0.1, 0.15) is 5.69 Å². The van der Waals surface area contributed by atoms with E-state index in [1.54, 1.807) is 18.2 Å².